The molecular weight excluding hydrogens is 258 g/mol. The molecule has 0 bridgehead atoms. The van der Waals surface area contributed by atoms with E-state index >= 15 is 0 Å². The number of ether oxygens (including phenoxy) is 2. The summed E-state index contributed by atoms with van der Waals surface area (Å²) in [5.74, 6) is 2.60. The van der Waals surface area contributed by atoms with Crippen molar-refractivity contribution in [2.75, 3.05) is 17.4 Å². The number of fused-ring (bicyclic) bond motifs is 1. The van der Waals surface area contributed by atoms with Crippen molar-refractivity contribution in [2.24, 2.45) is 0 Å². The predicted octanol–water partition coefficient (Wildman–Crippen LogP) is 1.71. The number of hydrogen-bond acceptors (Lipinski definition) is 7. The first-order valence-corrected chi connectivity index (χ1v) is 5.95. The second kappa shape index (κ2) is 5.32. The van der Waals surface area contributed by atoms with E-state index in [0.717, 1.165) is 17.1 Å². The largest absolute Gasteiger partial charge is 0.454 e. The Labute approximate surface area is 115 Å². The molecule has 0 radical (unpaired) electrons. The second-order valence-corrected chi connectivity index (χ2v) is 4.07. The first-order chi connectivity index (χ1) is 9.85. The highest BCUT2D eigenvalue weighted by molar-refractivity contribution is 5.49. The third-order valence-electron chi connectivity index (χ3n) is 2.76. The van der Waals surface area contributed by atoms with Crippen LogP contribution >= 0.6 is 0 Å². The molecule has 0 atom stereocenters. The van der Waals surface area contributed by atoms with Crippen molar-refractivity contribution in [3.8, 4) is 17.7 Å². The highest BCUT2D eigenvalue weighted by atomic mass is 16.7. The number of nitrogens with one attached hydrogen (secondary N) is 2. The zero-order valence-electron chi connectivity index (χ0n) is 10.5. The smallest absolute Gasteiger partial charge is 0.231 e. The monoisotopic (exact) mass is 269 g/mol. The van der Waals surface area contributed by atoms with Gasteiger partial charge in [-0.15, -0.1) is 0 Å². The van der Waals surface area contributed by atoms with Crippen LogP contribution < -0.4 is 20.1 Å². The highest BCUT2D eigenvalue weighted by Gasteiger charge is 2.12. The van der Waals surface area contributed by atoms with Gasteiger partial charge in [0.25, 0.3) is 0 Å². The molecular formula is C13H11N5O2. The molecule has 2 aromatic rings. The van der Waals surface area contributed by atoms with E-state index in [1.807, 2.05) is 24.4 Å². The average molecular weight is 269 g/mol. The van der Waals surface area contributed by atoms with Crippen molar-refractivity contribution < 1.29 is 9.47 Å². The van der Waals surface area contributed by atoms with Crippen LogP contribution in [0.1, 0.15) is 5.56 Å². The molecule has 1 aliphatic rings. The lowest BCUT2D eigenvalue weighted by molar-refractivity contribution is 0.174. The molecule has 1 aromatic carbocycles. The summed E-state index contributed by atoms with van der Waals surface area (Å²) < 4.78 is 10.6. The molecule has 7 heteroatoms. The fourth-order valence-electron chi connectivity index (χ4n) is 1.82. The number of aromatic nitrogens is 2. The quantitative estimate of drug-likeness (QED) is 0.644. The maximum atomic E-state index is 8.54. The fraction of sp³-hybridized carbons (Fsp3) is 0.154. The molecule has 0 aliphatic carbocycles. The maximum absolute atomic E-state index is 8.54. The molecule has 0 fully saturated rings. The average Bonchev–Trinajstić information content (AvgIpc) is 2.93. The van der Waals surface area contributed by atoms with E-state index in [4.69, 9.17) is 14.7 Å². The molecule has 0 unspecified atom stereocenters. The summed E-state index contributed by atoms with van der Waals surface area (Å²) in [6.45, 7) is 0.848. The summed E-state index contributed by atoms with van der Waals surface area (Å²) in [4.78, 5) is 7.99. The number of rotatable bonds is 4. The topological polar surface area (TPSA) is 92.1 Å². The summed E-state index contributed by atoms with van der Waals surface area (Å²) in [5.41, 5.74) is 1.04. The van der Waals surface area contributed by atoms with Gasteiger partial charge in [-0.1, -0.05) is 6.07 Å². The summed E-state index contributed by atoms with van der Waals surface area (Å²) in [5, 5.41) is 14.2. The van der Waals surface area contributed by atoms with Gasteiger partial charge in [0.15, 0.2) is 17.7 Å². The summed E-state index contributed by atoms with van der Waals surface area (Å²) in [7, 11) is 0. The summed E-state index contributed by atoms with van der Waals surface area (Å²) in [6, 6.07) is 7.42. The van der Waals surface area contributed by atoms with E-state index in [2.05, 4.69) is 20.6 Å². The minimum Gasteiger partial charge on any atom is -0.454 e. The van der Waals surface area contributed by atoms with Crippen LogP contribution in [-0.2, 0) is 6.54 Å². The lowest BCUT2D eigenvalue weighted by Gasteiger charge is -2.07. The van der Waals surface area contributed by atoms with E-state index in [1.165, 1.54) is 6.33 Å². The Hall–Kier alpha value is -3.01. The van der Waals surface area contributed by atoms with Crippen LogP contribution in [0.25, 0.3) is 0 Å². The van der Waals surface area contributed by atoms with Gasteiger partial charge in [0.05, 0.1) is 0 Å². The highest BCUT2D eigenvalue weighted by Crippen LogP contribution is 2.32. The first kappa shape index (κ1) is 12.0. The van der Waals surface area contributed by atoms with Crippen molar-refractivity contribution in [3.05, 3.63) is 36.2 Å². The molecule has 0 saturated carbocycles. The lowest BCUT2D eigenvalue weighted by atomic mass is 10.2. The van der Waals surface area contributed by atoms with Gasteiger partial charge in [-0.05, 0) is 17.7 Å². The molecule has 0 amide bonds. The van der Waals surface area contributed by atoms with E-state index in [9.17, 15) is 0 Å². The van der Waals surface area contributed by atoms with Crippen LogP contribution in [-0.4, -0.2) is 16.8 Å². The standard InChI is InChI=1S/C13H11N5O2/c14-6-16-13-4-12(17-7-18-13)15-5-9-1-2-10-11(3-9)20-8-19-10/h1-4,7H,5,8H2,(H2,15,16,17,18). The van der Waals surface area contributed by atoms with Crippen molar-refractivity contribution in [3.63, 3.8) is 0 Å². The van der Waals surface area contributed by atoms with Crippen molar-refractivity contribution in [1.82, 2.24) is 9.97 Å². The zero-order valence-corrected chi connectivity index (χ0v) is 10.5. The van der Waals surface area contributed by atoms with Gasteiger partial charge in [0.2, 0.25) is 6.79 Å². The van der Waals surface area contributed by atoms with Gasteiger partial charge < -0.3 is 14.8 Å². The molecule has 0 spiro atoms. The van der Waals surface area contributed by atoms with Crippen LogP contribution in [0.3, 0.4) is 0 Å². The predicted molar refractivity (Wildman–Crippen MR) is 71.2 cm³/mol. The molecule has 3 rings (SSSR count). The number of anilines is 2. The third-order valence-corrected chi connectivity index (χ3v) is 2.76. The van der Waals surface area contributed by atoms with Crippen LogP contribution in [0.15, 0.2) is 30.6 Å². The lowest BCUT2D eigenvalue weighted by Crippen LogP contribution is -2.03. The third kappa shape index (κ3) is 2.54. The number of nitriles is 1. The van der Waals surface area contributed by atoms with Gasteiger partial charge in [-0.25, -0.2) is 9.97 Å². The van der Waals surface area contributed by atoms with E-state index in [0.29, 0.717) is 18.2 Å². The Morgan fingerprint density at radius 3 is 2.90 bits per heavy atom. The van der Waals surface area contributed by atoms with Crippen LogP contribution in [0, 0.1) is 11.5 Å². The molecule has 1 aliphatic heterocycles. The number of hydrogen-bond donors (Lipinski definition) is 2. The Bertz CT molecular complexity index is 668. The molecule has 20 heavy (non-hydrogen) atoms. The van der Waals surface area contributed by atoms with Crippen molar-refractivity contribution >= 4 is 11.6 Å². The van der Waals surface area contributed by atoms with Crippen molar-refractivity contribution in [2.45, 2.75) is 6.54 Å². The number of nitrogens with zero attached hydrogens (tertiary/aromatic N) is 3. The van der Waals surface area contributed by atoms with Crippen LogP contribution in [0.5, 0.6) is 11.5 Å². The Morgan fingerprint density at radius 1 is 1.15 bits per heavy atom. The molecule has 1 aromatic heterocycles. The molecule has 100 valence electrons. The first-order valence-electron chi connectivity index (χ1n) is 5.95. The van der Waals surface area contributed by atoms with Gasteiger partial charge >= 0.3 is 0 Å². The minimum atomic E-state index is 0.265. The van der Waals surface area contributed by atoms with Crippen LogP contribution in [0.4, 0.5) is 11.6 Å². The normalized spacial score (nSPS) is 11.8. The van der Waals surface area contributed by atoms with Crippen molar-refractivity contribution in [1.29, 1.82) is 5.26 Å². The fourth-order valence-corrected chi connectivity index (χ4v) is 1.82. The Balaban J connectivity index is 1.67. The van der Waals surface area contributed by atoms with Gasteiger partial charge in [-0.2, -0.15) is 5.26 Å². The Kier molecular flexibility index (Phi) is 3.20. The zero-order chi connectivity index (χ0) is 13.8. The summed E-state index contributed by atoms with van der Waals surface area (Å²) >= 11 is 0. The molecule has 2 N–H and O–H groups in total. The second-order valence-electron chi connectivity index (χ2n) is 4.07. The van der Waals surface area contributed by atoms with E-state index < -0.39 is 0 Å². The van der Waals surface area contributed by atoms with Gasteiger partial charge in [0.1, 0.15) is 18.0 Å². The molecule has 7 nitrogen and oxygen atoms in total. The number of benzene rings is 1. The summed E-state index contributed by atoms with van der Waals surface area (Å²) in [6.07, 6.45) is 3.21. The van der Waals surface area contributed by atoms with E-state index in [1.54, 1.807) is 6.07 Å². The van der Waals surface area contributed by atoms with Crippen LogP contribution in [0.2, 0.25) is 0 Å². The molecule has 2 heterocycles. The van der Waals surface area contributed by atoms with E-state index in [-0.39, 0.29) is 6.79 Å². The SMILES string of the molecule is N#CNc1cc(NCc2ccc3c(c2)OCO3)ncn1. The van der Waals surface area contributed by atoms with Gasteiger partial charge in [-0.3, -0.25) is 5.32 Å². The molecule has 0 saturated heterocycles. The van der Waals surface area contributed by atoms with Gasteiger partial charge in [0, 0.05) is 12.6 Å². The maximum Gasteiger partial charge on any atom is 0.231 e. The Morgan fingerprint density at radius 2 is 2.00 bits per heavy atom. The minimum absolute atomic E-state index is 0.265.